The van der Waals surface area contributed by atoms with Gasteiger partial charge in [-0.05, 0) is 89.1 Å². The summed E-state index contributed by atoms with van der Waals surface area (Å²) in [6.45, 7) is 7.69. The van der Waals surface area contributed by atoms with Crippen molar-refractivity contribution in [3.63, 3.8) is 0 Å². The number of rotatable bonds is 6. The van der Waals surface area contributed by atoms with Gasteiger partial charge in [-0.25, -0.2) is 0 Å². The van der Waals surface area contributed by atoms with E-state index in [2.05, 4.69) is 21.6 Å². The molecule has 0 amide bonds. The Morgan fingerprint density at radius 2 is 1.33 bits per heavy atom. The van der Waals surface area contributed by atoms with Crippen LogP contribution < -0.4 is 0 Å². The van der Waals surface area contributed by atoms with Crippen LogP contribution in [0.2, 0.25) is 0 Å². The molecule has 0 saturated carbocycles. The van der Waals surface area contributed by atoms with Crippen LogP contribution in [0.5, 0.6) is 0 Å². The molecule has 0 radical (unpaired) electrons. The van der Waals surface area contributed by atoms with E-state index < -0.39 is 0 Å². The van der Waals surface area contributed by atoms with Crippen LogP contribution in [0, 0.1) is 0 Å². The quantitative estimate of drug-likeness (QED) is 0.598. The summed E-state index contributed by atoms with van der Waals surface area (Å²) in [4.78, 5) is 26.3. The number of aryl methyl sites for hydroxylation is 1. The zero-order chi connectivity index (χ0) is 19.0. The van der Waals surface area contributed by atoms with Gasteiger partial charge in [0.2, 0.25) is 0 Å². The molecule has 0 aliphatic carbocycles. The maximum absolute atomic E-state index is 11.9. The summed E-state index contributed by atoms with van der Waals surface area (Å²) in [7, 11) is 0. The Hall–Kier alpha value is -2.46. The molecule has 140 valence electrons. The van der Waals surface area contributed by atoms with E-state index in [9.17, 15) is 9.59 Å². The molecule has 4 rings (SSSR count). The maximum atomic E-state index is 11.9. The van der Waals surface area contributed by atoms with Gasteiger partial charge in [0, 0.05) is 39.5 Å². The molecule has 0 atom stereocenters. The molecule has 0 unspecified atom stereocenters. The zero-order valence-electron chi connectivity index (χ0n) is 16.1. The number of fused-ring (bicyclic) bond motifs is 3. The summed E-state index contributed by atoms with van der Waals surface area (Å²) in [6, 6.07) is 11.9. The van der Waals surface area contributed by atoms with Crippen LogP contribution in [0.15, 0.2) is 36.4 Å². The third-order valence-corrected chi connectivity index (χ3v) is 5.73. The maximum Gasteiger partial charge on any atom is 0.159 e. The number of ketones is 2. The molecule has 27 heavy (non-hydrogen) atoms. The van der Waals surface area contributed by atoms with Gasteiger partial charge in [-0.3, -0.25) is 9.59 Å². The summed E-state index contributed by atoms with van der Waals surface area (Å²) in [5.41, 5.74) is 3.70. The summed E-state index contributed by atoms with van der Waals surface area (Å²) >= 11 is 0. The second kappa shape index (κ2) is 7.28. The number of benzene rings is 2. The van der Waals surface area contributed by atoms with Crippen LogP contribution >= 0.6 is 0 Å². The average molecular weight is 362 g/mol. The first-order valence-corrected chi connectivity index (χ1v) is 9.85. The largest absolute Gasteiger partial charge is 0.340 e. The lowest BCUT2D eigenvalue weighted by atomic mass is 10.0. The van der Waals surface area contributed by atoms with Crippen LogP contribution in [-0.4, -0.2) is 40.7 Å². The van der Waals surface area contributed by atoms with Gasteiger partial charge in [-0.15, -0.1) is 0 Å². The highest BCUT2D eigenvalue weighted by Gasteiger charge is 2.15. The highest BCUT2D eigenvalue weighted by atomic mass is 16.1. The molecule has 0 N–H and O–H groups in total. The minimum atomic E-state index is 0.0644. The van der Waals surface area contributed by atoms with E-state index in [0.29, 0.717) is 11.1 Å². The lowest BCUT2D eigenvalue weighted by Crippen LogP contribution is -2.21. The number of carbonyl (C=O) groups is 2. The first-order chi connectivity index (χ1) is 13.0. The first kappa shape index (κ1) is 17.9. The zero-order valence-corrected chi connectivity index (χ0v) is 16.1. The third kappa shape index (κ3) is 3.42. The minimum Gasteiger partial charge on any atom is -0.340 e. The standard InChI is InChI=1S/C23H26N2O2/c1-16(26)18-6-8-22-20(14-18)21-15-19(17(2)27)7-9-23(21)25(22)13-5-12-24-10-3-4-11-24/h6-9,14-15H,3-5,10-13H2,1-2H3. The number of Topliss-reactive ketones (excluding diaryl/α,β-unsaturated/α-hetero) is 2. The number of hydrogen-bond donors (Lipinski definition) is 0. The van der Waals surface area contributed by atoms with Crippen molar-refractivity contribution in [2.24, 2.45) is 0 Å². The molecule has 1 aromatic heterocycles. The Morgan fingerprint density at radius 1 is 0.815 bits per heavy atom. The van der Waals surface area contributed by atoms with E-state index in [1.165, 1.54) is 25.9 Å². The van der Waals surface area contributed by atoms with Crippen LogP contribution in [0.1, 0.15) is 53.8 Å². The first-order valence-electron chi connectivity index (χ1n) is 9.85. The number of hydrogen-bond acceptors (Lipinski definition) is 3. The number of aromatic nitrogens is 1. The summed E-state index contributed by atoms with van der Waals surface area (Å²) in [5.74, 6) is 0.129. The highest BCUT2D eigenvalue weighted by Crippen LogP contribution is 2.31. The molecule has 4 nitrogen and oxygen atoms in total. The molecular formula is C23H26N2O2. The fraction of sp³-hybridized carbons (Fsp3) is 0.391. The summed E-state index contributed by atoms with van der Waals surface area (Å²) < 4.78 is 2.34. The molecule has 4 heteroatoms. The van der Waals surface area contributed by atoms with E-state index in [1.54, 1.807) is 13.8 Å². The van der Waals surface area contributed by atoms with Crippen molar-refractivity contribution in [3.05, 3.63) is 47.5 Å². The SMILES string of the molecule is CC(=O)c1ccc2c(c1)c1cc(C(C)=O)ccc1n2CCCN1CCCC1. The van der Waals surface area contributed by atoms with Crippen molar-refractivity contribution in [2.45, 2.75) is 39.7 Å². The Kier molecular flexibility index (Phi) is 4.83. The third-order valence-electron chi connectivity index (χ3n) is 5.73. The van der Waals surface area contributed by atoms with Gasteiger partial charge in [-0.2, -0.15) is 0 Å². The van der Waals surface area contributed by atoms with E-state index in [4.69, 9.17) is 0 Å². The number of likely N-dealkylation sites (tertiary alicyclic amines) is 1. The van der Waals surface area contributed by atoms with E-state index in [1.807, 2.05) is 24.3 Å². The molecule has 0 bridgehead atoms. The molecule has 1 saturated heterocycles. The van der Waals surface area contributed by atoms with Crippen molar-refractivity contribution in [3.8, 4) is 0 Å². The number of nitrogens with zero attached hydrogens (tertiary/aromatic N) is 2. The van der Waals surface area contributed by atoms with Gasteiger partial charge < -0.3 is 9.47 Å². The minimum absolute atomic E-state index is 0.0644. The molecule has 1 fully saturated rings. The molecule has 1 aliphatic rings. The van der Waals surface area contributed by atoms with Crippen molar-refractivity contribution in [1.29, 1.82) is 0 Å². The molecule has 2 heterocycles. The lowest BCUT2D eigenvalue weighted by Gasteiger charge is -2.15. The van der Waals surface area contributed by atoms with Crippen molar-refractivity contribution in [2.75, 3.05) is 19.6 Å². The monoisotopic (exact) mass is 362 g/mol. The number of carbonyl (C=O) groups excluding carboxylic acids is 2. The summed E-state index contributed by atoms with van der Waals surface area (Å²) in [6.07, 6.45) is 3.73. The van der Waals surface area contributed by atoms with Crippen molar-refractivity contribution < 1.29 is 9.59 Å². The Labute approximate surface area is 159 Å². The fourth-order valence-electron chi connectivity index (χ4n) is 4.24. The van der Waals surface area contributed by atoms with Crippen LogP contribution in [-0.2, 0) is 6.54 Å². The van der Waals surface area contributed by atoms with Gasteiger partial charge in [0.15, 0.2) is 11.6 Å². The Morgan fingerprint density at radius 3 is 1.81 bits per heavy atom. The van der Waals surface area contributed by atoms with Gasteiger partial charge in [0.25, 0.3) is 0 Å². The average Bonchev–Trinajstić information content (AvgIpc) is 3.27. The Bertz CT molecular complexity index is 954. The van der Waals surface area contributed by atoms with E-state index in [0.717, 1.165) is 41.3 Å². The lowest BCUT2D eigenvalue weighted by molar-refractivity contribution is 0.100. The van der Waals surface area contributed by atoms with E-state index in [-0.39, 0.29) is 11.6 Å². The Balaban J connectivity index is 1.77. The van der Waals surface area contributed by atoms with Crippen LogP contribution in [0.3, 0.4) is 0 Å². The molecule has 2 aromatic carbocycles. The normalized spacial score (nSPS) is 15.0. The van der Waals surface area contributed by atoms with E-state index >= 15 is 0 Å². The second-order valence-electron chi connectivity index (χ2n) is 7.63. The molecule has 1 aliphatic heterocycles. The van der Waals surface area contributed by atoms with Gasteiger partial charge >= 0.3 is 0 Å². The van der Waals surface area contributed by atoms with Gasteiger partial charge in [-0.1, -0.05) is 0 Å². The molecular weight excluding hydrogens is 336 g/mol. The predicted octanol–water partition coefficient (Wildman–Crippen LogP) is 4.69. The van der Waals surface area contributed by atoms with Crippen molar-refractivity contribution >= 4 is 33.4 Å². The fourth-order valence-corrected chi connectivity index (χ4v) is 4.24. The topological polar surface area (TPSA) is 42.3 Å². The van der Waals surface area contributed by atoms with Gasteiger partial charge in [0.1, 0.15) is 0 Å². The summed E-state index contributed by atoms with van der Waals surface area (Å²) in [5, 5.41) is 2.11. The van der Waals surface area contributed by atoms with Crippen LogP contribution in [0.25, 0.3) is 21.8 Å². The van der Waals surface area contributed by atoms with Crippen molar-refractivity contribution in [1.82, 2.24) is 9.47 Å². The molecule has 3 aromatic rings. The predicted molar refractivity (Wildman–Crippen MR) is 110 cm³/mol. The highest BCUT2D eigenvalue weighted by molar-refractivity contribution is 6.12. The smallest absolute Gasteiger partial charge is 0.159 e. The molecule has 0 spiro atoms. The van der Waals surface area contributed by atoms with Gasteiger partial charge in [0.05, 0.1) is 0 Å². The van der Waals surface area contributed by atoms with Crippen LogP contribution in [0.4, 0.5) is 0 Å². The second-order valence-corrected chi connectivity index (χ2v) is 7.63.